The molecule has 1 aliphatic heterocycles. The monoisotopic (exact) mass is 573 g/mol. The highest BCUT2D eigenvalue weighted by Crippen LogP contribution is 2.58. The van der Waals surface area contributed by atoms with E-state index in [2.05, 4.69) is 19.8 Å². The number of hydrogen-bond acceptors (Lipinski definition) is 10. The molecule has 0 amide bonds. The van der Waals surface area contributed by atoms with Crippen LogP contribution >= 0.6 is 26.8 Å². The Labute approximate surface area is 217 Å². The van der Waals surface area contributed by atoms with Gasteiger partial charge in [-0.25, -0.2) is 9.97 Å². The summed E-state index contributed by atoms with van der Waals surface area (Å²) in [6.45, 7) is -0.102. The number of fused-ring (bicyclic) bond motifs is 1. The number of benzene rings is 2. The minimum atomic E-state index is -4.54. The SMILES string of the molecule is COP(=O)(O)CP(=O)(O)OC[C@H]1O[C@@H](c2ccc3c(NCc4ccccc4)nc(Cl)nc3c2)[C@H](O)[C@@H]1O. The molecule has 200 valence electrons. The lowest BCUT2D eigenvalue weighted by molar-refractivity contribution is -0.0186. The Morgan fingerprint density at radius 3 is 2.49 bits per heavy atom. The highest BCUT2D eigenvalue weighted by atomic mass is 35.5. The second-order valence-electron chi connectivity index (χ2n) is 8.43. The number of aliphatic hydroxyl groups excluding tert-OH is 2. The van der Waals surface area contributed by atoms with Gasteiger partial charge in [-0.2, -0.15) is 0 Å². The third-order valence-electron chi connectivity index (χ3n) is 5.77. The predicted octanol–water partition coefficient (Wildman–Crippen LogP) is 3.05. The van der Waals surface area contributed by atoms with Crippen molar-refractivity contribution in [3.05, 3.63) is 64.9 Å². The Balaban J connectivity index is 1.49. The highest BCUT2D eigenvalue weighted by Gasteiger charge is 2.45. The Morgan fingerprint density at radius 2 is 1.78 bits per heavy atom. The highest BCUT2D eigenvalue weighted by molar-refractivity contribution is 7.70. The number of nitrogens with one attached hydrogen (secondary N) is 1. The molecule has 4 rings (SSSR count). The van der Waals surface area contributed by atoms with Gasteiger partial charge in [0, 0.05) is 19.0 Å². The number of aliphatic hydroxyl groups is 2. The Kier molecular flexibility index (Phi) is 8.67. The third-order valence-corrected chi connectivity index (χ3v) is 9.92. The van der Waals surface area contributed by atoms with Gasteiger partial charge in [-0.1, -0.05) is 36.4 Å². The first-order chi connectivity index (χ1) is 17.5. The molecule has 0 spiro atoms. The zero-order chi connectivity index (χ0) is 26.8. The van der Waals surface area contributed by atoms with Crippen LogP contribution in [0.1, 0.15) is 17.2 Å². The minimum absolute atomic E-state index is 0.00958. The molecular weight excluding hydrogens is 548 g/mol. The molecule has 2 aromatic carbocycles. The number of hydrogen-bond donors (Lipinski definition) is 5. The Bertz CT molecular complexity index is 1350. The quantitative estimate of drug-likeness (QED) is 0.177. The second kappa shape index (κ2) is 11.4. The van der Waals surface area contributed by atoms with E-state index in [0.717, 1.165) is 12.7 Å². The molecule has 1 saturated heterocycles. The van der Waals surface area contributed by atoms with E-state index in [0.29, 0.717) is 28.8 Å². The van der Waals surface area contributed by atoms with Gasteiger partial charge in [0.25, 0.3) is 0 Å². The van der Waals surface area contributed by atoms with Gasteiger partial charge >= 0.3 is 15.2 Å². The van der Waals surface area contributed by atoms with Crippen molar-refractivity contribution in [3.63, 3.8) is 0 Å². The molecule has 0 bridgehead atoms. The summed E-state index contributed by atoms with van der Waals surface area (Å²) in [5.41, 5.74) is 1.98. The normalized spacial score (nSPS) is 25.0. The first kappa shape index (κ1) is 28.1. The third kappa shape index (κ3) is 6.93. The van der Waals surface area contributed by atoms with Gasteiger partial charge in [-0.15, -0.1) is 0 Å². The summed E-state index contributed by atoms with van der Waals surface area (Å²) in [6, 6.07) is 14.8. The Hall–Kier alpha value is -1.95. The molecule has 1 aromatic heterocycles. The predicted molar refractivity (Wildman–Crippen MR) is 135 cm³/mol. The van der Waals surface area contributed by atoms with Crippen LogP contribution in [-0.2, 0) is 29.5 Å². The van der Waals surface area contributed by atoms with Crippen molar-refractivity contribution >= 4 is 43.5 Å². The van der Waals surface area contributed by atoms with Crippen LogP contribution in [-0.4, -0.2) is 67.9 Å². The van der Waals surface area contributed by atoms with Crippen molar-refractivity contribution in [3.8, 4) is 0 Å². The molecule has 2 unspecified atom stereocenters. The van der Waals surface area contributed by atoms with Crippen LogP contribution < -0.4 is 5.32 Å². The molecule has 15 heteroatoms. The molecule has 5 N–H and O–H groups in total. The zero-order valence-corrected chi connectivity index (χ0v) is 22.1. The molecule has 12 nitrogen and oxygen atoms in total. The first-order valence-corrected chi connectivity index (χ1v) is 15.0. The average Bonchev–Trinajstić information content (AvgIpc) is 3.14. The van der Waals surface area contributed by atoms with E-state index >= 15 is 0 Å². The maximum absolute atomic E-state index is 12.1. The van der Waals surface area contributed by atoms with E-state index < -0.39 is 52.1 Å². The van der Waals surface area contributed by atoms with Gasteiger partial charge in [-0.05, 0) is 34.9 Å². The van der Waals surface area contributed by atoms with Gasteiger partial charge in [0.05, 0.1) is 12.1 Å². The molecule has 37 heavy (non-hydrogen) atoms. The fraction of sp³-hybridized carbons (Fsp3) is 0.364. The van der Waals surface area contributed by atoms with Crippen LogP contribution in [0.4, 0.5) is 5.82 Å². The fourth-order valence-corrected chi connectivity index (χ4v) is 7.04. The number of anilines is 1. The van der Waals surface area contributed by atoms with Crippen molar-refractivity contribution in [1.82, 2.24) is 9.97 Å². The average molecular weight is 574 g/mol. The van der Waals surface area contributed by atoms with E-state index in [4.69, 9.17) is 20.9 Å². The van der Waals surface area contributed by atoms with E-state index in [1.807, 2.05) is 30.3 Å². The maximum Gasteiger partial charge on any atom is 0.340 e. The van der Waals surface area contributed by atoms with Crippen molar-refractivity contribution in [2.24, 2.45) is 0 Å². The summed E-state index contributed by atoms with van der Waals surface area (Å²) in [5.74, 6) is -0.614. The van der Waals surface area contributed by atoms with Crippen LogP contribution in [0.25, 0.3) is 10.9 Å². The zero-order valence-electron chi connectivity index (χ0n) is 19.5. The minimum Gasteiger partial charge on any atom is -0.387 e. The summed E-state index contributed by atoms with van der Waals surface area (Å²) in [5, 5.41) is 24.9. The van der Waals surface area contributed by atoms with Gasteiger partial charge in [0.2, 0.25) is 5.28 Å². The van der Waals surface area contributed by atoms with E-state index in [1.54, 1.807) is 18.2 Å². The van der Waals surface area contributed by atoms with Crippen molar-refractivity contribution in [1.29, 1.82) is 0 Å². The lowest BCUT2D eigenvalue weighted by Gasteiger charge is -2.19. The molecule has 0 aliphatic carbocycles. The van der Waals surface area contributed by atoms with E-state index in [9.17, 15) is 29.1 Å². The molecule has 6 atom stereocenters. The van der Waals surface area contributed by atoms with Crippen molar-refractivity contribution in [2.75, 3.05) is 24.9 Å². The number of rotatable bonds is 10. The lowest BCUT2D eigenvalue weighted by atomic mass is 10.0. The van der Waals surface area contributed by atoms with E-state index in [-0.39, 0.29) is 5.28 Å². The van der Waals surface area contributed by atoms with Crippen LogP contribution in [0.3, 0.4) is 0 Å². The summed E-state index contributed by atoms with van der Waals surface area (Å²) in [6.07, 6.45) is -5.04. The first-order valence-electron chi connectivity index (χ1n) is 11.1. The van der Waals surface area contributed by atoms with Crippen LogP contribution in [0, 0.1) is 0 Å². The van der Waals surface area contributed by atoms with Gasteiger partial charge in [0.15, 0.2) is 5.90 Å². The van der Waals surface area contributed by atoms with Crippen LogP contribution in [0.5, 0.6) is 0 Å². The number of halogens is 1. The molecule has 1 fully saturated rings. The van der Waals surface area contributed by atoms with Crippen LogP contribution in [0.15, 0.2) is 48.5 Å². The topological polar surface area (TPSA) is 181 Å². The summed E-state index contributed by atoms with van der Waals surface area (Å²) >= 11 is 6.14. The smallest absolute Gasteiger partial charge is 0.340 e. The van der Waals surface area contributed by atoms with Crippen molar-refractivity contribution in [2.45, 2.75) is 31.0 Å². The molecule has 1 aliphatic rings. The molecule has 3 aromatic rings. The van der Waals surface area contributed by atoms with Crippen LogP contribution in [0.2, 0.25) is 5.28 Å². The molecule has 2 heterocycles. The van der Waals surface area contributed by atoms with E-state index in [1.165, 1.54) is 0 Å². The Morgan fingerprint density at radius 1 is 1.05 bits per heavy atom. The summed E-state index contributed by atoms with van der Waals surface area (Å²) < 4.78 is 38.6. The largest absolute Gasteiger partial charge is 0.387 e. The summed E-state index contributed by atoms with van der Waals surface area (Å²) in [4.78, 5) is 27.8. The fourth-order valence-electron chi connectivity index (χ4n) is 3.89. The van der Waals surface area contributed by atoms with Crippen molar-refractivity contribution < 1.29 is 42.9 Å². The lowest BCUT2D eigenvalue weighted by Crippen LogP contribution is -2.33. The number of ether oxygens (including phenoxy) is 1. The number of nitrogens with zero attached hydrogens (tertiary/aromatic N) is 2. The van der Waals surface area contributed by atoms with Gasteiger partial charge in [0.1, 0.15) is 30.2 Å². The molecular formula is C22H26ClN3O9P2. The number of aromatic nitrogens is 2. The molecule has 0 radical (unpaired) electrons. The molecule has 0 saturated carbocycles. The van der Waals surface area contributed by atoms with Gasteiger partial charge in [-0.3, -0.25) is 9.13 Å². The maximum atomic E-state index is 12.1. The standard InChI is InChI=1S/C22H26ClN3O9P2/c1-33-36(29,30)12-37(31,32)34-11-17-18(27)19(28)20(35-17)14-7-8-15-16(9-14)25-22(23)26-21(15)24-10-13-5-3-2-4-6-13/h2-9,17-20,27-28H,10-12H2,1H3,(H,29,30)(H,31,32)(H,24,25,26)/t17-,18-,19-,20+/m1/s1. The van der Waals surface area contributed by atoms with Gasteiger partial charge < -0.3 is 39.1 Å². The summed E-state index contributed by atoms with van der Waals surface area (Å²) in [7, 11) is -7.93. The second-order valence-corrected chi connectivity index (χ2v) is 13.1.